The number of aromatic nitrogens is 3. The van der Waals surface area contributed by atoms with Crippen molar-refractivity contribution in [1.29, 1.82) is 0 Å². The molecule has 0 radical (unpaired) electrons. The third-order valence-corrected chi connectivity index (χ3v) is 3.63. The maximum Gasteiger partial charge on any atom is 0.149 e. The minimum Gasteiger partial charge on any atom is -0.383 e. The summed E-state index contributed by atoms with van der Waals surface area (Å²) < 4.78 is 4.97. The minimum atomic E-state index is 0.754. The van der Waals surface area contributed by atoms with Crippen molar-refractivity contribution in [3.05, 3.63) is 29.5 Å². The number of rotatable bonds is 8. The molecule has 0 saturated carbocycles. The van der Waals surface area contributed by atoms with Crippen LogP contribution < -0.4 is 5.32 Å². The van der Waals surface area contributed by atoms with Crippen molar-refractivity contribution in [2.75, 3.05) is 26.8 Å². The quantitative estimate of drug-likeness (QED) is 0.746. The van der Waals surface area contributed by atoms with Crippen LogP contribution >= 0.6 is 11.3 Å². The fourth-order valence-corrected chi connectivity index (χ4v) is 2.50. The topological polar surface area (TPSA) is 59.9 Å². The molecule has 0 aliphatic rings. The zero-order chi connectivity index (χ0) is 13.3. The summed E-state index contributed by atoms with van der Waals surface area (Å²) in [5.74, 6) is 0. The van der Waals surface area contributed by atoms with E-state index in [1.54, 1.807) is 24.6 Å². The Labute approximate surface area is 117 Å². The molecule has 0 atom stereocenters. The molecular formula is C13H18N4OS. The van der Waals surface area contributed by atoms with E-state index in [1.165, 1.54) is 0 Å². The molecule has 0 aromatic carbocycles. The SMILES string of the molecule is COCCNCCCc1nnc(-c2cccnc2)s1. The predicted molar refractivity (Wildman–Crippen MR) is 76.2 cm³/mol. The molecule has 19 heavy (non-hydrogen) atoms. The first kappa shape index (κ1) is 14.0. The second kappa shape index (κ2) is 7.93. The highest BCUT2D eigenvalue weighted by molar-refractivity contribution is 7.14. The molecule has 102 valence electrons. The van der Waals surface area contributed by atoms with Gasteiger partial charge in [0.1, 0.15) is 10.0 Å². The summed E-state index contributed by atoms with van der Waals surface area (Å²) in [4.78, 5) is 4.09. The Morgan fingerprint density at radius 3 is 3.05 bits per heavy atom. The van der Waals surface area contributed by atoms with Crippen LogP contribution in [0.5, 0.6) is 0 Å². The summed E-state index contributed by atoms with van der Waals surface area (Å²) in [6.07, 6.45) is 5.59. The molecular weight excluding hydrogens is 260 g/mol. The second-order valence-electron chi connectivity index (χ2n) is 4.09. The Morgan fingerprint density at radius 2 is 2.26 bits per heavy atom. The average Bonchev–Trinajstić information content (AvgIpc) is 2.92. The Morgan fingerprint density at radius 1 is 1.32 bits per heavy atom. The molecule has 6 heteroatoms. The van der Waals surface area contributed by atoms with Gasteiger partial charge in [-0.25, -0.2) is 0 Å². The Hall–Kier alpha value is -1.37. The van der Waals surface area contributed by atoms with Gasteiger partial charge < -0.3 is 10.1 Å². The molecule has 2 heterocycles. The number of pyridine rings is 1. The lowest BCUT2D eigenvalue weighted by atomic mass is 10.3. The predicted octanol–water partition coefficient (Wildman–Crippen LogP) is 1.77. The van der Waals surface area contributed by atoms with Gasteiger partial charge in [-0.2, -0.15) is 0 Å². The van der Waals surface area contributed by atoms with Crippen LogP contribution in [0.2, 0.25) is 0 Å². The van der Waals surface area contributed by atoms with Crippen molar-refractivity contribution in [3.63, 3.8) is 0 Å². The van der Waals surface area contributed by atoms with Gasteiger partial charge in [0, 0.05) is 38.0 Å². The van der Waals surface area contributed by atoms with Gasteiger partial charge in [0.25, 0.3) is 0 Å². The Kier molecular flexibility index (Phi) is 5.87. The fourth-order valence-electron chi connectivity index (χ4n) is 1.62. The van der Waals surface area contributed by atoms with Crippen molar-refractivity contribution in [1.82, 2.24) is 20.5 Å². The van der Waals surface area contributed by atoms with E-state index in [0.717, 1.165) is 48.1 Å². The lowest BCUT2D eigenvalue weighted by Crippen LogP contribution is -2.20. The number of methoxy groups -OCH3 is 1. The van der Waals surface area contributed by atoms with Gasteiger partial charge in [-0.1, -0.05) is 11.3 Å². The first-order chi connectivity index (χ1) is 9.40. The van der Waals surface area contributed by atoms with E-state index in [9.17, 15) is 0 Å². The number of hydrogen-bond donors (Lipinski definition) is 1. The van der Waals surface area contributed by atoms with Gasteiger partial charge in [0.2, 0.25) is 0 Å². The third-order valence-electron chi connectivity index (χ3n) is 2.60. The number of hydrogen-bond acceptors (Lipinski definition) is 6. The molecule has 0 unspecified atom stereocenters. The van der Waals surface area contributed by atoms with Gasteiger partial charge in [0.15, 0.2) is 0 Å². The maximum atomic E-state index is 4.97. The molecule has 2 aromatic heterocycles. The van der Waals surface area contributed by atoms with Crippen molar-refractivity contribution < 1.29 is 4.74 Å². The molecule has 0 saturated heterocycles. The maximum absolute atomic E-state index is 4.97. The molecule has 5 nitrogen and oxygen atoms in total. The largest absolute Gasteiger partial charge is 0.383 e. The van der Waals surface area contributed by atoms with Crippen molar-refractivity contribution in [2.45, 2.75) is 12.8 Å². The van der Waals surface area contributed by atoms with Gasteiger partial charge in [-0.3, -0.25) is 4.98 Å². The van der Waals surface area contributed by atoms with Crippen LogP contribution in [-0.4, -0.2) is 42.0 Å². The highest BCUT2D eigenvalue weighted by Crippen LogP contribution is 2.22. The number of nitrogens with one attached hydrogen (secondary N) is 1. The number of aryl methyl sites for hydroxylation is 1. The zero-order valence-electron chi connectivity index (χ0n) is 11.0. The van der Waals surface area contributed by atoms with Gasteiger partial charge in [0.05, 0.1) is 6.61 Å². The monoisotopic (exact) mass is 278 g/mol. The lowest BCUT2D eigenvalue weighted by Gasteiger charge is -2.01. The summed E-state index contributed by atoms with van der Waals surface area (Å²) in [6.45, 7) is 2.63. The molecule has 0 amide bonds. The molecule has 0 aliphatic heterocycles. The summed E-state index contributed by atoms with van der Waals surface area (Å²) in [7, 11) is 1.71. The summed E-state index contributed by atoms with van der Waals surface area (Å²) >= 11 is 1.64. The molecule has 0 bridgehead atoms. The van der Waals surface area contributed by atoms with Crippen LogP contribution in [0.25, 0.3) is 10.6 Å². The van der Waals surface area contributed by atoms with Crippen LogP contribution in [0.4, 0.5) is 0 Å². The standard InChI is InChI=1S/C13H18N4OS/c1-18-9-8-14-6-3-5-12-16-17-13(19-12)11-4-2-7-15-10-11/h2,4,7,10,14H,3,5-6,8-9H2,1H3. The van der Waals surface area contributed by atoms with E-state index >= 15 is 0 Å². The normalized spacial score (nSPS) is 10.8. The first-order valence-electron chi connectivity index (χ1n) is 6.32. The van der Waals surface area contributed by atoms with E-state index in [1.807, 2.05) is 18.3 Å². The van der Waals surface area contributed by atoms with Crippen molar-refractivity contribution >= 4 is 11.3 Å². The number of nitrogens with zero attached hydrogens (tertiary/aromatic N) is 3. The third kappa shape index (κ3) is 4.66. The lowest BCUT2D eigenvalue weighted by molar-refractivity contribution is 0.199. The van der Waals surface area contributed by atoms with E-state index in [-0.39, 0.29) is 0 Å². The fraction of sp³-hybridized carbons (Fsp3) is 0.462. The summed E-state index contributed by atoms with van der Waals surface area (Å²) in [5, 5.41) is 13.8. The van der Waals surface area contributed by atoms with Crippen LogP contribution in [0, 0.1) is 0 Å². The highest BCUT2D eigenvalue weighted by atomic mass is 32.1. The highest BCUT2D eigenvalue weighted by Gasteiger charge is 2.06. The summed E-state index contributed by atoms with van der Waals surface area (Å²) in [6, 6.07) is 3.92. The van der Waals surface area contributed by atoms with E-state index < -0.39 is 0 Å². The molecule has 2 aromatic rings. The second-order valence-corrected chi connectivity index (χ2v) is 5.15. The van der Waals surface area contributed by atoms with Crippen LogP contribution in [-0.2, 0) is 11.2 Å². The van der Waals surface area contributed by atoms with E-state index in [4.69, 9.17) is 4.74 Å². The molecule has 0 spiro atoms. The van der Waals surface area contributed by atoms with E-state index in [2.05, 4.69) is 20.5 Å². The van der Waals surface area contributed by atoms with E-state index in [0.29, 0.717) is 0 Å². The van der Waals surface area contributed by atoms with Crippen LogP contribution in [0.15, 0.2) is 24.5 Å². The molecule has 0 aliphatic carbocycles. The van der Waals surface area contributed by atoms with Gasteiger partial charge in [-0.05, 0) is 25.1 Å². The van der Waals surface area contributed by atoms with Crippen LogP contribution in [0.3, 0.4) is 0 Å². The minimum absolute atomic E-state index is 0.754. The first-order valence-corrected chi connectivity index (χ1v) is 7.14. The smallest absolute Gasteiger partial charge is 0.149 e. The number of ether oxygens (including phenoxy) is 1. The average molecular weight is 278 g/mol. The molecule has 1 N–H and O–H groups in total. The molecule has 2 rings (SSSR count). The Balaban J connectivity index is 1.75. The van der Waals surface area contributed by atoms with Crippen molar-refractivity contribution in [2.24, 2.45) is 0 Å². The summed E-state index contributed by atoms with van der Waals surface area (Å²) in [5.41, 5.74) is 1.03. The Bertz CT molecular complexity index is 475. The van der Waals surface area contributed by atoms with Crippen molar-refractivity contribution in [3.8, 4) is 10.6 Å². The van der Waals surface area contributed by atoms with Gasteiger partial charge >= 0.3 is 0 Å². The zero-order valence-corrected chi connectivity index (χ0v) is 11.8. The van der Waals surface area contributed by atoms with Gasteiger partial charge in [-0.15, -0.1) is 10.2 Å². The van der Waals surface area contributed by atoms with Crippen LogP contribution in [0.1, 0.15) is 11.4 Å². The molecule has 0 fully saturated rings.